The van der Waals surface area contributed by atoms with Crippen molar-refractivity contribution in [2.75, 3.05) is 18.0 Å². The van der Waals surface area contributed by atoms with Gasteiger partial charge in [0.1, 0.15) is 5.75 Å². The number of ketones is 1. The average Bonchev–Trinajstić information content (AvgIpc) is 2.69. The lowest BCUT2D eigenvalue weighted by Crippen LogP contribution is -2.48. The number of carbonyl (C=O) groups is 2. The molecule has 1 atom stereocenters. The van der Waals surface area contributed by atoms with Crippen LogP contribution in [0, 0.1) is 0 Å². The third-order valence-electron chi connectivity index (χ3n) is 4.60. The largest absolute Gasteiger partial charge is 0.481 e. The van der Waals surface area contributed by atoms with E-state index in [1.807, 2.05) is 0 Å². The first-order valence-electron chi connectivity index (χ1n) is 9.13. The first kappa shape index (κ1) is 18.8. The summed E-state index contributed by atoms with van der Waals surface area (Å²) >= 11 is 0. The number of nitrogens with zero attached hydrogens (tertiary/aromatic N) is 3. The zero-order valence-electron chi connectivity index (χ0n) is 15.6. The third-order valence-corrected chi connectivity index (χ3v) is 4.60. The summed E-state index contributed by atoms with van der Waals surface area (Å²) in [6.07, 6.45) is 4.49. The fourth-order valence-corrected chi connectivity index (χ4v) is 3.04. The summed E-state index contributed by atoms with van der Waals surface area (Å²) in [5.74, 6) is 1.05. The molecule has 0 aliphatic carbocycles. The van der Waals surface area contributed by atoms with Crippen molar-refractivity contribution in [1.82, 2.24) is 15.3 Å². The summed E-state index contributed by atoms with van der Waals surface area (Å²) in [6, 6.07) is 8.78. The molecular formula is C20H24N4O3. The van der Waals surface area contributed by atoms with Gasteiger partial charge in [-0.25, -0.2) is 9.97 Å². The van der Waals surface area contributed by atoms with Crippen LogP contribution in [0.4, 0.5) is 5.95 Å². The maximum atomic E-state index is 12.4. The number of aromatic nitrogens is 2. The molecule has 0 unspecified atom stereocenters. The molecule has 0 spiro atoms. The molecule has 2 heterocycles. The second kappa shape index (κ2) is 8.62. The highest BCUT2D eigenvalue weighted by Gasteiger charge is 2.24. The highest BCUT2D eigenvalue weighted by Crippen LogP contribution is 2.17. The molecule has 3 rings (SSSR count). The van der Waals surface area contributed by atoms with E-state index >= 15 is 0 Å². The van der Waals surface area contributed by atoms with Gasteiger partial charge in [-0.15, -0.1) is 0 Å². The van der Waals surface area contributed by atoms with Crippen LogP contribution in [0.2, 0.25) is 0 Å². The monoisotopic (exact) mass is 368 g/mol. The SMILES string of the molecule is CC(=O)c1cccc(O[C@H](C)C(=O)NC2CCN(c3ncccn3)CC2)c1. The summed E-state index contributed by atoms with van der Waals surface area (Å²) in [5.41, 5.74) is 0.565. The molecule has 27 heavy (non-hydrogen) atoms. The Morgan fingerprint density at radius 1 is 1.19 bits per heavy atom. The van der Waals surface area contributed by atoms with Crippen LogP contribution in [0.25, 0.3) is 0 Å². The third kappa shape index (κ3) is 5.03. The van der Waals surface area contributed by atoms with Gasteiger partial charge in [0.05, 0.1) is 0 Å². The Morgan fingerprint density at radius 2 is 1.89 bits per heavy atom. The molecule has 142 valence electrons. The smallest absolute Gasteiger partial charge is 0.260 e. The van der Waals surface area contributed by atoms with E-state index in [4.69, 9.17) is 4.74 Å². The van der Waals surface area contributed by atoms with E-state index < -0.39 is 6.10 Å². The molecule has 1 aromatic carbocycles. The van der Waals surface area contributed by atoms with Gasteiger partial charge in [0.15, 0.2) is 11.9 Å². The minimum Gasteiger partial charge on any atom is -0.481 e. The zero-order chi connectivity index (χ0) is 19.2. The van der Waals surface area contributed by atoms with Crippen LogP contribution in [0.5, 0.6) is 5.75 Å². The van der Waals surface area contributed by atoms with Crippen molar-refractivity contribution in [3.05, 3.63) is 48.3 Å². The second-order valence-electron chi connectivity index (χ2n) is 6.66. The maximum Gasteiger partial charge on any atom is 0.260 e. The Labute approximate surface area is 158 Å². The van der Waals surface area contributed by atoms with E-state index in [2.05, 4.69) is 20.2 Å². The van der Waals surface area contributed by atoms with Crippen molar-refractivity contribution < 1.29 is 14.3 Å². The van der Waals surface area contributed by atoms with E-state index in [9.17, 15) is 9.59 Å². The summed E-state index contributed by atoms with van der Waals surface area (Å²) in [4.78, 5) is 34.6. The van der Waals surface area contributed by atoms with Gasteiger partial charge in [-0.2, -0.15) is 0 Å². The van der Waals surface area contributed by atoms with E-state index in [1.165, 1.54) is 6.92 Å². The van der Waals surface area contributed by atoms with Crippen LogP contribution in [-0.4, -0.2) is 46.9 Å². The zero-order valence-corrected chi connectivity index (χ0v) is 15.6. The van der Waals surface area contributed by atoms with Crippen LogP contribution in [0.3, 0.4) is 0 Å². The van der Waals surface area contributed by atoms with Gasteiger partial charge in [0.25, 0.3) is 5.91 Å². The van der Waals surface area contributed by atoms with E-state index in [0.29, 0.717) is 11.3 Å². The normalized spacial score (nSPS) is 15.9. The summed E-state index contributed by atoms with van der Waals surface area (Å²) in [5, 5.41) is 3.05. The average molecular weight is 368 g/mol. The predicted octanol–water partition coefficient (Wildman–Crippen LogP) is 2.23. The van der Waals surface area contributed by atoms with Crippen LogP contribution in [0.15, 0.2) is 42.7 Å². The number of amides is 1. The van der Waals surface area contributed by atoms with Crippen molar-refractivity contribution in [1.29, 1.82) is 0 Å². The predicted molar refractivity (Wildman–Crippen MR) is 102 cm³/mol. The lowest BCUT2D eigenvalue weighted by molar-refractivity contribution is -0.128. The van der Waals surface area contributed by atoms with Gasteiger partial charge in [-0.1, -0.05) is 12.1 Å². The molecule has 0 saturated carbocycles. The number of benzene rings is 1. The van der Waals surface area contributed by atoms with Gasteiger partial charge in [-0.3, -0.25) is 9.59 Å². The molecule has 1 aliphatic rings. The van der Waals surface area contributed by atoms with Crippen LogP contribution < -0.4 is 15.0 Å². The highest BCUT2D eigenvalue weighted by molar-refractivity contribution is 5.94. The molecule has 1 saturated heterocycles. The molecule has 1 fully saturated rings. The van der Waals surface area contributed by atoms with Crippen molar-refractivity contribution in [2.24, 2.45) is 0 Å². The van der Waals surface area contributed by atoms with Crippen molar-refractivity contribution in [2.45, 2.75) is 38.8 Å². The molecule has 7 nitrogen and oxygen atoms in total. The fraction of sp³-hybridized carbons (Fsp3) is 0.400. The Morgan fingerprint density at radius 3 is 2.56 bits per heavy atom. The number of rotatable bonds is 6. The van der Waals surface area contributed by atoms with Gasteiger partial charge in [-0.05, 0) is 44.9 Å². The van der Waals surface area contributed by atoms with Crippen molar-refractivity contribution in [3.63, 3.8) is 0 Å². The van der Waals surface area contributed by atoms with E-state index in [1.54, 1.807) is 49.6 Å². The Hall–Kier alpha value is -2.96. The summed E-state index contributed by atoms with van der Waals surface area (Å²) in [7, 11) is 0. The Kier molecular flexibility index (Phi) is 6.01. The minimum atomic E-state index is -0.636. The number of hydrogen-bond donors (Lipinski definition) is 1. The summed E-state index contributed by atoms with van der Waals surface area (Å²) < 4.78 is 5.70. The molecule has 0 bridgehead atoms. The molecule has 1 aliphatic heterocycles. The van der Waals surface area contributed by atoms with Crippen LogP contribution >= 0.6 is 0 Å². The summed E-state index contributed by atoms with van der Waals surface area (Å²) in [6.45, 7) is 4.81. The first-order chi connectivity index (χ1) is 13.0. The first-order valence-corrected chi connectivity index (χ1v) is 9.13. The van der Waals surface area contributed by atoms with E-state index in [-0.39, 0.29) is 17.7 Å². The number of carbonyl (C=O) groups excluding carboxylic acids is 2. The molecule has 2 aromatic rings. The Bertz CT molecular complexity index is 789. The van der Waals surface area contributed by atoms with E-state index in [0.717, 1.165) is 31.9 Å². The molecular weight excluding hydrogens is 344 g/mol. The highest BCUT2D eigenvalue weighted by atomic mass is 16.5. The maximum absolute atomic E-state index is 12.4. The molecule has 1 N–H and O–H groups in total. The Balaban J connectivity index is 1.49. The molecule has 1 aromatic heterocycles. The lowest BCUT2D eigenvalue weighted by Gasteiger charge is -2.32. The standard InChI is InChI=1S/C20H24N4O3/c1-14(25)16-5-3-6-18(13-16)27-15(2)19(26)23-17-7-11-24(12-8-17)20-21-9-4-10-22-20/h3-6,9-10,13,15,17H,7-8,11-12H2,1-2H3,(H,23,26)/t15-/m1/s1. The molecule has 1 amide bonds. The number of nitrogens with one attached hydrogen (secondary N) is 1. The van der Waals surface area contributed by atoms with Crippen molar-refractivity contribution >= 4 is 17.6 Å². The van der Waals surface area contributed by atoms with Gasteiger partial charge < -0.3 is 15.0 Å². The fourth-order valence-electron chi connectivity index (χ4n) is 3.04. The van der Waals surface area contributed by atoms with Crippen LogP contribution in [-0.2, 0) is 4.79 Å². The number of hydrogen-bond acceptors (Lipinski definition) is 6. The number of ether oxygens (including phenoxy) is 1. The van der Waals surface area contributed by atoms with Crippen molar-refractivity contribution in [3.8, 4) is 5.75 Å². The number of anilines is 1. The quantitative estimate of drug-likeness (QED) is 0.787. The number of Topliss-reactive ketones (excluding diaryl/α,β-unsaturated/α-hetero) is 1. The second-order valence-corrected chi connectivity index (χ2v) is 6.66. The van der Waals surface area contributed by atoms with Gasteiger partial charge >= 0.3 is 0 Å². The topological polar surface area (TPSA) is 84.4 Å². The molecule has 0 radical (unpaired) electrons. The lowest BCUT2D eigenvalue weighted by atomic mass is 10.1. The number of piperidine rings is 1. The van der Waals surface area contributed by atoms with Crippen LogP contribution in [0.1, 0.15) is 37.0 Å². The molecule has 7 heteroatoms. The minimum absolute atomic E-state index is 0.0355. The van der Waals surface area contributed by atoms with Gasteiger partial charge in [0.2, 0.25) is 5.95 Å². The van der Waals surface area contributed by atoms with Gasteiger partial charge in [0, 0.05) is 37.1 Å².